The number of carbonyl (C=O) groups is 1. The SMILES string of the molecule is O=C(NCCS)/C(Cc1ccc(OCc2ccccc2)cc1)=N\O. The highest BCUT2D eigenvalue weighted by atomic mass is 32.1. The Morgan fingerprint density at radius 2 is 1.79 bits per heavy atom. The Labute approximate surface area is 146 Å². The van der Waals surface area contributed by atoms with E-state index in [4.69, 9.17) is 9.94 Å². The number of amides is 1. The van der Waals surface area contributed by atoms with Gasteiger partial charge in [-0.15, -0.1) is 0 Å². The minimum Gasteiger partial charge on any atom is -0.489 e. The molecule has 2 N–H and O–H groups in total. The molecule has 0 bridgehead atoms. The first-order valence-corrected chi connectivity index (χ1v) is 8.22. The number of thiol groups is 1. The number of benzene rings is 2. The second kappa shape index (κ2) is 9.62. The molecule has 2 rings (SSSR count). The van der Waals surface area contributed by atoms with Gasteiger partial charge in [-0.25, -0.2) is 0 Å². The van der Waals surface area contributed by atoms with E-state index in [-0.39, 0.29) is 12.1 Å². The maximum Gasteiger partial charge on any atom is 0.269 e. The monoisotopic (exact) mass is 344 g/mol. The number of ether oxygens (including phenoxy) is 1. The summed E-state index contributed by atoms with van der Waals surface area (Å²) in [5.74, 6) is 0.873. The Hall–Kier alpha value is -2.47. The second-order valence-corrected chi connectivity index (χ2v) is 5.57. The third kappa shape index (κ3) is 5.62. The van der Waals surface area contributed by atoms with E-state index in [1.807, 2.05) is 54.6 Å². The summed E-state index contributed by atoms with van der Waals surface area (Å²) < 4.78 is 5.71. The molecular weight excluding hydrogens is 324 g/mol. The van der Waals surface area contributed by atoms with Crippen molar-refractivity contribution < 1.29 is 14.7 Å². The van der Waals surface area contributed by atoms with E-state index in [1.54, 1.807) is 0 Å². The molecule has 0 aliphatic carbocycles. The van der Waals surface area contributed by atoms with Gasteiger partial charge in [-0.3, -0.25) is 4.79 Å². The number of carbonyl (C=O) groups excluding carboxylic acids is 1. The maximum absolute atomic E-state index is 11.8. The summed E-state index contributed by atoms with van der Waals surface area (Å²) in [5, 5.41) is 14.7. The molecule has 0 atom stereocenters. The van der Waals surface area contributed by atoms with E-state index in [9.17, 15) is 4.79 Å². The van der Waals surface area contributed by atoms with E-state index in [0.29, 0.717) is 18.9 Å². The number of hydrogen-bond acceptors (Lipinski definition) is 5. The summed E-state index contributed by atoms with van der Waals surface area (Å²) in [5.41, 5.74) is 2.02. The molecule has 0 saturated heterocycles. The Balaban J connectivity index is 1.90. The summed E-state index contributed by atoms with van der Waals surface area (Å²) in [7, 11) is 0. The van der Waals surface area contributed by atoms with Gasteiger partial charge >= 0.3 is 0 Å². The van der Waals surface area contributed by atoms with Crippen LogP contribution in [0.5, 0.6) is 5.75 Å². The standard InChI is InChI=1S/C18H20N2O3S/c21-18(19-10-11-24)17(20-22)12-14-6-8-16(9-7-14)23-13-15-4-2-1-3-5-15/h1-9,22,24H,10-13H2,(H,19,21)/b20-17-. The third-order valence-corrected chi connectivity index (χ3v) is 3.55. The molecular formula is C18H20N2O3S. The number of hydrogen-bond donors (Lipinski definition) is 3. The number of rotatable bonds is 8. The summed E-state index contributed by atoms with van der Waals surface area (Å²) in [6.07, 6.45) is 0.244. The minimum atomic E-state index is -0.393. The van der Waals surface area contributed by atoms with Gasteiger partial charge in [-0.05, 0) is 23.3 Å². The number of nitrogens with one attached hydrogen (secondary N) is 1. The first-order chi connectivity index (χ1) is 11.7. The lowest BCUT2D eigenvalue weighted by Crippen LogP contribution is -2.33. The van der Waals surface area contributed by atoms with Gasteiger partial charge in [0, 0.05) is 18.7 Å². The molecule has 0 aliphatic rings. The quantitative estimate of drug-likeness (QED) is 0.298. The van der Waals surface area contributed by atoms with Gasteiger partial charge < -0.3 is 15.3 Å². The fourth-order valence-electron chi connectivity index (χ4n) is 2.07. The Kier molecular flexibility index (Phi) is 7.17. The van der Waals surface area contributed by atoms with E-state index in [1.165, 1.54) is 0 Å². The maximum atomic E-state index is 11.8. The summed E-state index contributed by atoms with van der Waals surface area (Å²) in [6, 6.07) is 17.3. The lowest BCUT2D eigenvalue weighted by Gasteiger charge is -2.08. The van der Waals surface area contributed by atoms with Crippen LogP contribution in [-0.2, 0) is 17.8 Å². The summed E-state index contributed by atoms with van der Waals surface area (Å²) >= 11 is 4.02. The highest BCUT2D eigenvalue weighted by Gasteiger charge is 2.12. The van der Waals surface area contributed by atoms with E-state index in [0.717, 1.165) is 16.9 Å². The van der Waals surface area contributed by atoms with Crippen molar-refractivity contribution in [1.82, 2.24) is 5.32 Å². The zero-order valence-electron chi connectivity index (χ0n) is 13.2. The van der Waals surface area contributed by atoms with Crippen LogP contribution in [0.1, 0.15) is 11.1 Å². The Bertz CT molecular complexity index is 672. The summed E-state index contributed by atoms with van der Waals surface area (Å²) in [6.45, 7) is 0.920. The average Bonchev–Trinajstić information content (AvgIpc) is 2.64. The summed E-state index contributed by atoms with van der Waals surface area (Å²) in [4.78, 5) is 11.8. The lowest BCUT2D eigenvalue weighted by atomic mass is 10.1. The minimum absolute atomic E-state index is 0.0646. The van der Waals surface area contributed by atoms with Gasteiger partial charge in [0.15, 0.2) is 0 Å². The predicted molar refractivity (Wildman–Crippen MR) is 97.0 cm³/mol. The molecule has 0 spiro atoms. The molecule has 5 nitrogen and oxygen atoms in total. The van der Waals surface area contributed by atoms with Gasteiger partial charge in [0.1, 0.15) is 18.1 Å². The van der Waals surface area contributed by atoms with Gasteiger partial charge in [-0.2, -0.15) is 12.6 Å². The van der Waals surface area contributed by atoms with Crippen LogP contribution in [0.4, 0.5) is 0 Å². The van der Waals surface area contributed by atoms with Crippen LogP contribution in [0, 0.1) is 0 Å². The van der Waals surface area contributed by atoms with Crippen molar-refractivity contribution in [3.63, 3.8) is 0 Å². The number of oxime groups is 1. The molecule has 126 valence electrons. The molecule has 0 aromatic heterocycles. The zero-order chi connectivity index (χ0) is 17.2. The van der Waals surface area contributed by atoms with Crippen LogP contribution >= 0.6 is 12.6 Å². The molecule has 1 amide bonds. The van der Waals surface area contributed by atoms with Crippen LogP contribution in [0.25, 0.3) is 0 Å². The molecule has 0 heterocycles. The molecule has 2 aromatic rings. The Morgan fingerprint density at radius 1 is 1.08 bits per heavy atom. The van der Waals surface area contributed by atoms with Crippen LogP contribution in [0.3, 0.4) is 0 Å². The van der Waals surface area contributed by atoms with E-state index < -0.39 is 5.91 Å². The van der Waals surface area contributed by atoms with Crippen molar-refractivity contribution >= 4 is 24.2 Å². The third-order valence-electron chi connectivity index (χ3n) is 3.32. The molecule has 0 unspecified atom stereocenters. The lowest BCUT2D eigenvalue weighted by molar-refractivity contribution is -0.114. The molecule has 0 aliphatic heterocycles. The highest BCUT2D eigenvalue weighted by molar-refractivity contribution is 7.80. The van der Waals surface area contributed by atoms with Crippen LogP contribution in [0.15, 0.2) is 59.8 Å². The van der Waals surface area contributed by atoms with E-state index >= 15 is 0 Å². The second-order valence-electron chi connectivity index (χ2n) is 5.12. The highest BCUT2D eigenvalue weighted by Crippen LogP contribution is 2.15. The largest absolute Gasteiger partial charge is 0.489 e. The molecule has 24 heavy (non-hydrogen) atoms. The average molecular weight is 344 g/mol. The molecule has 6 heteroatoms. The normalized spacial score (nSPS) is 11.1. The predicted octanol–water partition coefficient (Wildman–Crippen LogP) is 2.68. The molecule has 0 radical (unpaired) electrons. The number of nitrogens with zero attached hydrogens (tertiary/aromatic N) is 1. The van der Waals surface area contributed by atoms with Crippen molar-refractivity contribution in [2.24, 2.45) is 5.16 Å². The van der Waals surface area contributed by atoms with Gasteiger partial charge in [0.05, 0.1) is 0 Å². The van der Waals surface area contributed by atoms with Gasteiger partial charge in [0.25, 0.3) is 5.91 Å². The van der Waals surface area contributed by atoms with Gasteiger partial charge in [-0.1, -0.05) is 47.6 Å². The van der Waals surface area contributed by atoms with Crippen molar-refractivity contribution in [3.8, 4) is 5.75 Å². The molecule has 0 fully saturated rings. The van der Waals surface area contributed by atoms with Crippen molar-refractivity contribution in [2.45, 2.75) is 13.0 Å². The molecule has 0 saturated carbocycles. The van der Waals surface area contributed by atoms with Gasteiger partial charge in [0.2, 0.25) is 0 Å². The van der Waals surface area contributed by atoms with Crippen molar-refractivity contribution in [3.05, 3.63) is 65.7 Å². The first-order valence-electron chi connectivity index (χ1n) is 7.58. The fraction of sp³-hybridized carbons (Fsp3) is 0.222. The van der Waals surface area contributed by atoms with E-state index in [2.05, 4.69) is 23.1 Å². The smallest absolute Gasteiger partial charge is 0.269 e. The van der Waals surface area contributed by atoms with Crippen LogP contribution in [0.2, 0.25) is 0 Å². The zero-order valence-corrected chi connectivity index (χ0v) is 14.1. The van der Waals surface area contributed by atoms with Crippen LogP contribution < -0.4 is 10.1 Å². The van der Waals surface area contributed by atoms with Crippen molar-refractivity contribution in [2.75, 3.05) is 12.3 Å². The molecule has 2 aromatic carbocycles. The van der Waals surface area contributed by atoms with Crippen LogP contribution in [-0.4, -0.2) is 29.1 Å². The fourth-order valence-corrected chi connectivity index (χ4v) is 2.18. The van der Waals surface area contributed by atoms with Crippen molar-refractivity contribution in [1.29, 1.82) is 0 Å². The first kappa shape index (κ1) is 17.9. The topological polar surface area (TPSA) is 70.9 Å². The Morgan fingerprint density at radius 3 is 2.42 bits per heavy atom.